The largest absolute Gasteiger partial charge is 0.480 e. The lowest BCUT2D eigenvalue weighted by molar-refractivity contribution is 0.400. The van der Waals surface area contributed by atoms with Crippen molar-refractivity contribution >= 4 is 32.6 Å². The molecule has 4 N–H and O–H groups in total. The van der Waals surface area contributed by atoms with Gasteiger partial charge in [0.2, 0.25) is 11.8 Å². The molecule has 2 aromatic carbocycles. The molecule has 0 amide bonds. The van der Waals surface area contributed by atoms with Gasteiger partial charge < -0.3 is 10.5 Å². The normalized spacial score (nSPS) is 11.5. The Labute approximate surface area is 212 Å². The highest BCUT2D eigenvalue weighted by Gasteiger charge is 2.24. The number of methoxy groups -OCH3 is 1. The first-order valence-corrected chi connectivity index (χ1v) is 12.6. The fourth-order valence-electron chi connectivity index (χ4n) is 4.19. The zero-order valence-electron chi connectivity index (χ0n) is 20.2. The molecule has 0 fully saturated rings. The summed E-state index contributed by atoms with van der Waals surface area (Å²) in [5, 5.41) is 6.99. The summed E-state index contributed by atoms with van der Waals surface area (Å²) in [4.78, 5) is 22.1. The van der Waals surface area contributed by atoms with Gasteiger partial charge in [-0.15, -0.1) is 0 Å². The van der Waals surface area contributed by atoms with E-state index in [-0.39, 0.29) is 28.0 Å². The second-order valence-electron chi connectivity index (χ2n) is 8.33. The van der Waals surface area contributed by atoms with Crippen LogP contribution in [-0.2, 0) is 10.0 Å². The van der Waals surface area contributed by atoms with Crippen molar-refractivity contribution in [2.24, 2.45) is 0 Å². The Morgan fingerprint density at radius 3 is 2.49 bits per heavy atom. The summed E-state index contributed by atoms with van der Waals surface area (Å²) in [6, 6.07) is 15.7. The SMILES string of the molecule is COc1ncc(-c2ccc3nc(N)n(-c4ccccc4)c(=O)c3c2)cc1NS(=O)(=O)c1c(C)n[nH]c1C. The number of pyridine rings is 1. The minimum absolute atomic E-state index is 0.0517. The minimum atomic E-state index is -3.99. The molecule has 5 aromatic rings. The molecular formula is C25H23N7O4S. The number of nitrogen functional groups attached to an aromatic ring is 1. The van der Waals surface area contributed by atoms with Gasteiger partial charge >= 0.3 is 0 Å². The van der Waals surface area contributed by atoms with Crippen LogP contribution in [0.1, 0.15) is 11.4 Å². The third kappa shape index (κ3) is 4.27. The number of nitrogens with one attached hydrogen (secondary N) is 2. The van der Waals surface area contributed by atoms with Crippen LogP contribution in [0.5, 0.6) is 5.88 Å². The quantitative estimate of drug-likeness (QED) is 0.310. The maximum Gasteiger partial charge on any atom is 0.267 e. The third-order valence-electron chi connectivity index (χ3n) is 5.86. The van der Waals surface area contributed by atoms with Crippen LogP contribution in [0.3, 0.4) is 0 Å². The first-order chi connectivity index (χ1) is 17.7. The van der Waals surface area contributed by atoms with Gasteiger partial charge in [-0.2, -0.15) is 5.10 Å². The monoisotopic (exact) mass is 517 g/mol. The lowest BCUT2D eigenvalue weighted by atomic mass is 10.0. The number of benzene rings is 2. The van der Waals surface area contributed by atoms with Crippen molar-refractivity contribution in [3.05, 3.63) is 82.5 Å². The summed E-state index contributed by atoms with van der Waals surface area (Å²) in [6.45, 7) is 3.22. The standard InChI is InChI=1S/C25H23N7O4S/c1-14-22(15(2)30-29-14)37(34,35)31-21-12-17(13-27-23(21)36-3)16-9-10-20-19(11-16)24(33)32(25(26)28-20)18-7-5-4-6-8-18/h4-13,31H,1-3H3,(H2,26,28)(H,29,30). The Balaban J connectivity index is 1.61. The number of sulfonamides is 1. The van der Waals surface area contributed by atoms with Gasteiger partial charge in [-0.3, -0.25) is 14.6 Å². The molecule has 12 heteroatoms. The van der Waals surface area contributed by atoms with E-state index >= 15 is 0 Å². The van der Waals surface area contributed by atoms with Crippen LogP contribution in [0, 0.1) is 13.8 Å². The van der Waals surface area contributed by atoms with Gasteiger partial charge in [-0.1, -0.05) is 24.3 Å². The summed E-state index contributed by atoms with van der Waals surface area (Å²) in [5.74, 6) is 0.164. The van der Waals surface area contributed by atoms with E-state index in [4.69, 9.17) is 10.5 Å². The molecule has 5 rings (SSSR count). The molecule has 0 radical (unpaired) electrons. The van der Waals surface area contributed by atoms with Gasteiger partial charge in [-0.05, 0) is 49.7 Å². The molecule has 188 valence electrons. The number of hydrogen-bond donors (Lipinski definition) is 3. The zero-order chi connectivity index (χ0) is 26.3. The number of ether oxygens (including phenoxy) is 1. The van der Waals surface area contributed by atoms with Gasteiger partial charge in [0, 0.05) is 11.8 Å². The fraction of sp³-hybridized carbons (Fsp3) is 0.120. The number of H-pyrrole nitrogens is 1. The van der Waals surface area contributed by atoms with E-state index in [2.05, 4.69) is 24.9 Å². The van der Waals surface area contributed by atoms with Gasteiger partial charge in [0.15, 0.2) is 0 Å². The number of nitrogens with two attached hydrogens (primary N) is 1. The van der Waals surface area contributed by atoms with E-state index < -0.39 is 10.0 Å². The van der Waals surface area contributed by atoms with Crippen LogP contribution < -0.4 is 20.8 Å². The number of aromatic amines is 1. The zero-order valence-corrected chi connectivity index (χ0v) is 21.0. The Morgan fingerprint density at radius 1 is 1.05 bits per heavy atom. The number of para-hydroxylation sites is 1. The highest BCUT2D eigenvalue weighted by Crippen LogP contribution is 2.32. The number of fused-ring (bicyclic) bond motifs is 1. The summed E-state index contributed by atoms with van der Waals surface area (Å²) in [6.07, 6.45) is 1.53. The maximum absolute atomic E-state index is 13.4. The van der Waals surface area contributed by atoms with Crippen molar-refractivity contribution in [1.82, 2.24) is 24.7 Å². The van der Waals surface area contributed by atoms with E-state index in [9.17, 15) is 13.2 Å². The molecule has 3 heterocycles. The molecule has 0 atom stereocenters. The van der Waals surface area contributed by atoms with Crippen LogP contribution in [-0.4, -0.2) is 40.3 Å². The van der Waals surface area contributed by atoms with Crippen LogP contribution in [0.25, 0.3) is 27.7 Å². The minimum Gasteiger partial charge on any atom is -0.480 e. The molecule has 0 aliphatic rings. The number of nitrogens with zero attached hydrogens (tertiary/aromatic N) is 4. The van der Waals surface area contributed by atoms with Gasteiger partial charge in [0.05, 0.1) is 35.1 Å². The Hall–Kier alpha value is -4.71. The van der Waals surface area contributed by atoms with Crippen molar-refractivity contribution in [1.29, 1.82) is 0 Å². The van der Waals surface area contributed by atoms with E-state index in [1.807, 2.05) is 6.07 Å². The molecule has 0 aliphatic carbocycles. The predicted octanol–water partition coefficient (Wildman–Crippen LogP) is 3.18. The van der Waals surface area contributed by atoms with Crippen molar-refractivity contribution < 1.29 is 13.2 Å². The van der Waals surface area contributed by atoms with Gasteiger partial charge in [-0.25, -0.2) is 23.0 Å². The predicted molar refractivity (Wildman–Crippen MR) is 140 cm³/mol. The van der Waals surface area contributed by atoms with E-state index in [1.165, 1.54) is 17.9 Å². The number of rotatable bonds is 6. The Kier molecular flexibility index (Phi) is 5.88. The van der Waals surface area contributed by atoms with Gasteiger partial charge in [0.1, 0.15) is 10.6 Å². The molecule has 0 saturated heterocycles. The van der Waals surface area contributed by atoms with E-state index in [1.54, 1.807) is 62.4 Å². The smallest absolute Gasteiger partial charge is 0.267 e. The molecule has 0 aliphatic heterocycles. The average Bonchev–Trinajstić information content (AvgIpc) is 3.23. The number of aryl methyl sites for hydroxylation is 2. The summed E-state index contributed by atoms with van der Waals surface area (Å²) in [7, 11) is -2.59. The first kappa shape index (κ1) is 24.0. The average molecular weight is 518 g/mol. The first-order valence-electron chi connectivity index (χ1n) is 11.2. The highest BCUT2D eigenvalue weighted by molar-refractivity contribution is 7.92. The van der Waals surface area contributed by atoms with Crippen LogP contribution >= 0.6 is 0 Å². The van der Waals surface area contributed by atoms with Crippen molar-refractivity contribution in [2.45, 2.75) is 18.7 Å². The Morgan fingerprint density at radius 2 is 1.81 bits per heavy atom. The van der Waals surface area contributed by atoms with Crippen molar-refractivity contribution in [3.63, 3.8) is 0 Å². The second kappa shape index (κ2) is 9.06. The molecule has 3 aromatic heterocycles. The highest BCUT2D eigenvalue weighted by atomic mass is 32.2. The van der Waals surface area contributed by atoms with E-state index in [0.29, 0.717) is 39.1 Å². The number of aromatic nitrogens is 5. The third-order valence-corrected chi connectivity index (χ3v) is 7.49. The molecular weight excluding hydrogens is 494 g/mol. The topological polar surface area (TPSA) is 158 Å². The lowest BCUT2D eigenvalue weighted by Gasteiger charge is -2.14. The van der Waals surface area contributed by atoms with Crippen molar-refractivity contribution in [3.8, 4) is 22.7 Å². The Bertz CT molecular complexity index is 1790. The molecule has 0 bridgehead atoms. The molecule has 11 nitrogen and oxygen atoms in total. The number of anilines is 2. The van der Waals surface area contributed by atoms with Crippen LogP contribution in [0.4, 0.5) is 11.6 Å². The summed E-state index contributed by atoms with van der Waals surface area (Å²) in [5.41, 5.74) is 8.86. The molecule has 0 saturated carbocycles. The summed E-state index contributed by atoms with van der Waals surface area (Å²) >= 11 is 0. The van der Waals surface area contributed by atoms with E-state index in [0.717, 1.165) is 0 Å². The van der Waals surface area contributed by atoms with Gasteiger partial charge in [0.25, 0.3) is 15.6 Å². The molecule has 0 spiro atoms. The molecule has 37 heavy (non-hydrogen) atoms. The second-order valence-corrected chi connectivity index (χ2v) is 9.95. The molecule has 0 unspecified atom stereocenters. The number of hydrogen-bond acceptors (Lipinski definition) is 8. The van der Waals surface area contributed by atoms with Crippen LogP contribution in [0.2, 0.25) is 0 Å². The van der Waals surface area contributed by atoms with Crippen molar-refractivity contribution in [2.75, 3.05) is 17.6 Å². The van der Waals surface area contributed by atoms with Crippen LogP contribution in [0.15, 0.2) is 70.5 Å². The summed E-state index contributed by atoms with van der Waals surface area (Å²) < 4.78 is 35.4. The maximum atomic E-state index is 13.4. The fourth-order valence-corrected chi connectivity index (χ4v) is 5.61. The lowest BCUT2D eigenvalue weighted by Crippen LogP contribution is -2.23.